The zero-order valence-corrected chi connectivity index (χ0v) is 17.1. The fourth-order valence-electron chi connectivity index (χ4n) is 5.62. The van der Waals surface area contributed by atoms with E-state index in [1.165, 1.54) is 0 Å². The highest BCUT2D eigenvalue weighted by molar-refractivity contribution is 5.84. The van der Waals surface area contributed by atoms with Crippen molar-refractivity contribution in [3.8, 4) is 0 Å². The van der Waals surface area contributed by atoms with Crippen molar-refractivity contribution in [2.75, 3.05) is 13.2 Å². The van der Waals surface area contributed by atoms with Crippen molar-refractivity contribution in [1.29, 1.82) is 0 Å². The first-order valence-corrected chi connectivity index (χ1v) is 10.2. The van der Waals surface area contributed by atoms with Crippen LogP contribution in [0.25, 0.3) is 10.9 Å². The van der Waals surface area contributed by atoms with Crippen LogP contribution >= 0.6 is 0 Å². The second kappa shape index (κ2) is 6.94. The van der Waals surface area contributed by atoms with Crippen molar-refractivity contribution in [3.05, 3.63) is 36.0 Å². The van der Waals surface area contributed by atoms with E-state index in [1.807, 2.05) is 35.4 Å². The first-order chi connectivity index (χ1) is 13.2. The number of nitrogens with zero attached hydrogens (tertiary/aromatic N) is 1. The number of carbonyl (C=O) groups excluding carboxylic acids is 2. The molecule has 1 aromatic carbocycles. The van der Waals surface area contributed by atoms with E-state index in [0.717, 1.165) is 42.3 Å². The summed E-state index contributed by atoms with van der Waals surface area (Å²) in [5.74, 6) is -0.362. The molecule has 0 radical (unpaired) electrons. The molecule has 2 fully saturated rings. The molecule has 2 aromatic rings. The van der Waals surface area contributed by atoms with Crippen molar-refractivity contribution in [1.82, 2.24) is 9.88 Å². The van der Waals surface area contributed by atoms with Gasteiger partial charge in [-0.25, -0.2) is 0 Å². The molecule has 2 unspecified atom stereocenters. The molecule has 2 bridgehead atoms. The third-order valence-corrected chi connectivity index (χ3v) is 6.37. The number of fused-ring (bicyclic) bond motifs is 3. The molecule has 1 saturated carbocycles. The number of ether oxygens (including phenoxy) is 1. The molecule has 28 heavy (non-hydrogen) atoms. The molecule has 1 saturated heterocycles. The fraction of sp³-hybridized carbons (Fsp3) is 0.565. The summed E-state index contributed by atoms with van der Waals surface area (Å²) in [7, 11) is 0. The molecule has 5 heteroatoms. The van der Waals surface area contributed by atoms with E-state index in [1.54, 1.807) is 0 Å². The third-order valence-electron chi connectivity index (χ3n) is 6.37. The minimum atomic E-state index is -0.313. The van der Waals surface area contributed by atoms with Gasteiger partial charge in [-0.2, -0.15) is 0 Å². The summed E-state index contributed by atoms with van der Waals surface area (Å²) in [4.78, 5) is 30.1. The van der Waals surface area contributed by atoms with Crippen molar-refractivity contribution >= 4 is 22.8 Å². The summed E-state index contributed by atoms with van der Waals surface area (Å²) in [5, 5.41) is 1.13. The smallest absolute Gasteiger partial charge is 0.306 e. The quantitative estimate of drug-likeness (QED) is 0.793. The zero-order valence-electron chi connectivity index (χ0n) is 17.1. The lowest BCUT2D eigenvalue weighted by molar-refractivity contribution is -0.152. The Labute approximate surface area is 166 Å². The van der Waals surface area contributed by atoms with Gasteiger partial charge in [-0.3, -0.25) is 9.59 Å². The number of aromatic nitrogens is 1. The molecule has 2 aliphatic rings. The molecular formula is C23H30N2O3. The number of esters is 1. The number of hydrogen-bond acceptors (Lipinski definition) is 3. The number of para-hydroxylation sites is 1. The van der Waals surface area contributed by atoms with Crippen molar-refractivity contribution < 1.29 is 14.3 Å². The number of hydrogen-bond donors (Lipinski definition) is 1. The summed E-state index contributed by atoms with van der Waals surface area (Å²) >= 11 is 0. The van der Waals surface area contributed by atoms with Crippen molar-refractivity contribution in [2.24, 2.45) is 10.8 Å². The number of benzene rings is 1. The Hall–Kier alpha value is -2.30. The third kappa shape index (κ3) is 3.80. The van der Waals surface area contributed by atoms with Crippen LogP contribution in [0.5, 0.6) is 0 Å². The second-order valence-electron chi connectivity index (χ2n) is 9.76. The molecule has 1 aliphatic carbocycles. The van der Waals surface area contributed by atoms with Gasteiger partial charge in [-0.15, -0.1) is 0 Å². The number of likely N-dealkylation sites (tertiary alicyclic amines) is 1. The van der Waals surface area contributed by atoms with Gasteiger partial charge in [0.25, 0.3) is 5.91 Å². The minimum absolute atomic E-state index is 0.0492. The van der Waals surface area contributed by atoms with Crippen LogP contribution in [-0.2, 0) is 20.7 Å². The van der Waals surface area contributed by atoms with Gasteiger partial charge in [-0.05, 0) is 48.1 Å². The molecule has 1 N–H and O–H groups in total. The highest BCUT2D eigenvalue weighted by atomic mass is 16.5. The molecule has 2 heterocycles. The molecule has 1 aromatic heterocycles. The summed E-state index contributed by atoms with van der Waals surface area (Å²) in [6, 6.07) is 8.32. The Kier molecular flexibility index (Phi) is 4.72. The average molecular weight is 383 g/mol. The molecule has 1 amide bonds. The van der Waals surface area contributed by atoms with Gasteiger partial charge in [0.15, 0.2) is 6.61 Å². The number of nitrogens with one attached hydrogen (secondary N) is 1. The SMILES string of the molecule is CC1(C)CC2CC(C)(CN2C(=O)COC(=O)CCc2c[nH]c3ccccc23)C1. The highest BCUT2D eigenvalue weighted by Crippen LogP contribution is 2.52. The van der Waals surface area contributed by atoms with Gasteiger partial charge >= 0.3 is 5.97 Å². The van der Waals surface area contributed by atoms with Crippen LogP contribution < -0.4 is 0 Å². The molecule has 4 rings (SSSR count). The Morgan fingerprint density at radius 3 is 2.82 bits per heavy atom. The number of aromatic amines is 1. The van der Waals surface area contributed by atoms with Crippen molar-refractivity contribution in [3.63, 3.8) is 0 Å². The van der Waals surface area contributed by atoms with Gasteiger partial charge in [0, 0.05) is 36.1 Å². The van der Waals surface area contributed by atoms with Gasteiger partial charge in [0.2, 0.25) is 0 Å². The predicted molar refractivity (Wildman–Crippen MR) is 109 cm³/mol. The predicted octanol–water partition coefficient (Wildman–Crippen LogP) is 4.07. The lowest BCUT2D eigenvalue weighted by atomic mass is 9.65. The number of H-pyrrole nitrogens is 1. The van der Waals surface area contributed by atoms with Gasteiger partial charge in [0.05, 0.1) is 0 Å². The minimum Gasteiger partial charge on any atom is -0.456 e. The van der Waals surface area contributed by atoms with Gasteiger partial charge in [0.1, 0.15) is 0 Å². The molecule has 5 nitrogen and oxygen atoms in total. The molecule has 0 spiro atoms. The largest absolute Gasteiger partial charge is 0.456 e. The average Bonchev–Trinajstić information content (AvgIpc) is 3.15. The molecular weight excluding hydrogens is 352 g/mol. The maximum Gasteiger partial charge on any atom is 0.306 e. The Morgan fingerprint density at radius 2 is 2.00 bits per heavy atom. The van der Waals surface area contributed by atoms with E-state index >= 15 is 0 Å². The Bertz CT molecular complexity index is 900. The fourth-order valence-corrected chi connectivity index (χ4v) is 5.62. The highest BCUT2D eigenvalue weighted by Gasteiger charge is 2.50. The summed E-state index contributed by atoms with van der Waals surface area (Å²) < 4.78 is 5.32. The summed E-state index contributed by atoms with van der Waals surface area (Å²) in [6.45, 7) is 7.50. The normalized spacial score (nSPS) is 25.8. The van der Waals surface area contributed by atoms with E-state index in [0.29, 0.717) is 6.42 Å². The number of carbonyl (C=O) groups is 2. The lowest BCUT2D eigenvalue weighted by Crippen LogP contribution is -2.39. The molecule has 2 atom stereocenters. The topological polar surface area (TPSA) is 62.4 Å². The van der Waals surface area contributed by atoms with Crippen LogP contribution in [0.4, 0.5) is 0 Å². The van der Waals surface area contributed by atoms with E-state index in [-0.39, 0.29) is 41.8 Å². The van der Waals surface area contributed by atoms with Crippen LogP contribution in [-0.4, -0.2) is 41.0 Å². The Morgan fingerprint density at radius 1 is 1.21 bits per heavy atom. The van der Waals surface area contributed by atoms with Gasteiger partial charge < -0.3 is 14.6 Å². The maximum atomic E-state index is 12.7. The number of amides is 1. The lowest BCUT2D eigenvalue weighted by Gasteiger charge is -2.39. The molecule has 150 valence electrons. The zero-order chi connectivity index (χ0) is 19.9. The second-order valence-corrected chi connectivity index (χ2v) is 9.76. The maximum absolute atomic E-state index is 12.7. The monoisotopic (exact) mass is 382 g/mol. The van der Waals surface area contributed by atoms with Crippen LogP contribution in [0, 0.1) is 10.8 Å². The number of rotatable bonds is 5. The van der Waals surface area contributed by atoms with Gasteiger partial charge in [-0.1, -0.05) is 39.0 Å². The van der Waals surface area contributed by atoms with Crippen molar-refractivity contribution in [2.45, 2.75) is 58.9 Å². The van der Waals surface area contributed by atoms with Crippen LogP contribution in [0.15, 0.2) is 30.5 Å². The van der Waals surface area contributed by atoms with E-state index in [4.69, 9.17) is 4.74 Å². The van der Waals surface area contributed by atoms with Crippen LogP contribution in [0.2, 0.25) is 0 Å². The first kappa shape index (κ1) is 19.0. The standard InChI is InChI=1S/C23H30N2O3/c1-22(2)10-17-11-23(3,14-22)15-25(17)20(26)13-28-21(27)9-8-16-12-24-19-7-5-4-6-18(16)19/h4-7,12,17,24H,8-11,13-15H2,1-3H3. The van der Waals surface area contributed by atoms with E-state index in [9.17, 15) is 9.59 Å². The summed E-state index contributed by atoms with van der Waals surface area (Å²) in [5.41, 5.74) is 2.63. The Balaban J connectivity index is 1.29. The first-order valence-electron chi connectivity index (χ1n) is 10.2. The number of aryl methyl sites for hydroxylation is 1. The van der Waals surface area contributed by atoms with Crippen LogP contribution in [0.1, 0.15) is 52.0 Å². The van der Waals surface area contributed by atoms with E-state index < -0.39 is 0 Å². The molecule has 1 aliphatic heterocycles. The van der Waals surface area contributed by atoms with Crippen LogP contribution in [0.3, 0.4) is 0 Å². The van der Waals surface area contributed by atoms with E-state index in [2.05, 4.69) is 25.8 Å². The summed E-state index contributed by atoms with van der Waals surface area (Å²) in [6.07, 6.45) is 6.07.